The Balaban J connectivity index is 1.78. The number of phenolic OH excluding ortho intramolecular Hbond substituents is 1. The number of carbonyl (C=O) groups is 1. The Morgan fingerprint density at radius 2 is 2.26 bits per heavy atom. The van der Waals surface area contributed by atoms with Crippen LogP contribution in [0.25, 0.3) is 0 Å². The molecule has 3 atom stereocenters. The molecule has 0 radical (unpaired) electrons. The second kappa shape index (κ2) is 5.43. The molecular weight excluding hydrogens is 290 g/mol. The van der Waals surface area contributed by atoms with E-state index in [2.05, 4.69) is 6.07 Å². The quantitative estimate of drug-likeness (QED) is 0.861. The van der Waals surface area contributed by atoms with Gasteiger partial charge in [-0.3, -0.25) is 0 Å². The number of rotatable bonds is 1. The van der Waals surface area contributed by atoms with Gasteiger partial charge >= 0.3 is 6.09 Å². The van der Waals surface area contributed by atoms with E-state index in [1.54, 1.807) is 6.07 Å². The minimum absolute atomic E-state index is 0.151. The molecule has 4 rings (SSSR count). The lowest BCUT2D eigenvalue weighted by Crippen LogP contribution is -2.62. The fraction of sp³-hybridized carbons (Fsp3) is 0.632. The summed E-state index contributed by atoms with van der Waals surface area (Å²) in [6.45, 7) is 3.07. The molecule has 0 spiro atoms. The van der Waals surface area contributed by atoms with Crippen molar-refractivity contribution in [3.8, 4) is 5.75 Å². The van der Waals surface area contributed by atoms with Crippen LogP contribution < -0.4 is 0 Å². The molecule has 1 saturated carbocycles. The monoisotopic (exact) mass is 315 g/mol. The molecule has 4 nitrogen and oxygen atoms in total. The minimum Gasteiger partial charge on any atom is -0.508 e. The first-order valence-electron chi connectivity index (χ1n) is 8.91. The molecule has 1 aliphatic heterocycles. The molecule has 1 aromatic carbocycles. The molecule has 2 bridgehead atoms. The lowest BCUT2D eigenvalue weighted by molar-refractivity contribution is -0.0110. The standard InChI is InChI=1S/C19H25NO3/c1-2-23-18(22)20-10-9-19-8-4-3-5-15(19)17(20)11-13-6-7-14(21)12-16(13)19/h6-7,12,15,17,21H,2-5,8-11H2,1H3/t15-,17+,19?/m1/s1. The normalized spacial score (nSPS) is 32.0. The van der Waals surface area contributed by atoms with Gasteiger partial charge in [-0.25, -0.2) is 4.79 Å². The van der Waals surface area contributed by atoms with E-state index in [1.807, 2.05) is 17.9 Å². The van der Waals surface area contributed by atoms with Crippen LogP contribution in [0.3, 0.4) is 0 Å². The lowest BCUT2D eigenvalue weighted by Gasteiger charge is -2.58. The number of fused-ring (bicyclic) bond motifs is 1. The average Bonchev–Trinajstić information content (AvgIpc) is 2.56. The molecule has 0 aromatic heterocycles. The SMILES string of the molecule is CCOC(=O)N1CCC23CCCC[C@@H]2[C@@H]1Cc1ccc(O)cc13. The van der Waals surface area contributed by atoms with E-state index < -0.39 is 0 Å². The number of piperidine rings is 1. The van der Waals surface area contributed by atoms with Gasteiger partial charge in [0.25, 0.3) is 0 Å². The zero-order chi connectivity index (χ0) is 16.0. The fourth-order valence-electron chi connectivity index (χ4n) is 5.43. The number of carbonyl (C=O) groups excluding carboxylic acids is 1. The maximum atomic E-state index is 12.4. The van der Waals surface area contributed by atoms with E-state index in [9.17, 15) is 9.90 Å². The van der Waals surface area contributed by atoms with Crippen molar-refractivity contribution in [3.05, 3.63) is 29.3 Å². The lowest BCUT2D eigenvalue weighted by atomic mass is 9.52. The van der Waals surface area contributed by atoms with Gasteiger partial charge in [0, 0.05) is 18.0 Å². The third kappa shape index (κ3) is 2.14. The van der Waals surface area contributed by atoms with Crippen molar-refractivity contribution >= 4 is 6.09 Å². The van der Waals surface area contributed by atoms with Gasteiger partial charge < -0.3 is 14.7 Å². The largest absolute Gasteiger partial charge is 0.508 e. The predicted octanol–water partition coefficient (Wildman–Crippen LogP) is 3.61. The van der Waals surface area contributed by atoms with E-state index in [-0.39, 0.29) is 17.6 Å². The van der Waals surface area contributed by atoms with E-state index in [4.69, 9.17) is 4.74 Å². The number of phenols is 1. The van der Waals surface area contributed by atoms with Gasteiger partial charge in [-0.1, -0.05) is 18.9 Å². The van der Waals surface area contributed by atoms with E-state index >= 15 is 0 Å². The van der Waals surface area contributed by atoms with Crippen LogP contribution in [0, 0.1) is 5.92 Å². The number of nitrogens with zero attached hydrogens (tertiary/aromatic N) is 1. The van der Waals surface area contributed by atoms with E-state index in [0.717, 1.165) is 19.4 Å². The zero-order valence-electron chi connectivity index (χ0n) is 13.8. The first kappa shape index (κ1) is 14.9. The van der Waals surface area contributed by atoms with Crippen molar-refractivity contribution in [1.29, 1.82) is 0 Å². The molecule has 1 heterocycles. The van der Waals surface area contributed by atoms with Crippen LogP contribution in [0.4, 0.5) is 4.79 Å². The topological polar surface area (TPSA) is 49.8 Å². The first-order chi connectivity index (χ1) is 11.2. The molecule has 3 aliphatic rings. The highest BCUT2D eigenvalue weighted by Crippen LogP contribution is 2.56. The Morgan fingerprint density at radius 1 is 1.39 bits per heavy atom. The first-order valence-corrected chi connectivity index (χ1v) is 8.91. The summed E-state index contributed by atoms with van der Waals surface area (Å²) in [7, 11) is 0. The van der Waals surface area contributed by atoms with Crippen LogP contribution in [0.1, 0.15) is 50.2 Å². The van der Waals surface area contributed by atoms with Crippen molar-refractivity contribution in [1.82, 2.24) is 4.90 Å². The number of likely N-dealkylation sites (tertiary alicyclic amines) is 1. The number of hydrogen-bond acceptors (Lipinski definition) is 3. The molecular formula is C19H25NO3. The van der Waals surface area contributed by atoms with Crippen LogP contribution in [0.5, 0.6) is 5.75 Å². The summed E-state index contributed by atoms with van der Waals surface area (Å²) in [4.78, 5) is 14.4. The van der Waals surface area contributed by atoms with Gasteiger partial charge in [-0.05, 0) is 61.8 Å². The highest BCUT2D eigenvalue weighted by molar-refractivity contribution is 5.69. The van der Waals surface area contributed by atoms with Crippen molar-refractivity contribution in [2.24, 2.45) is 5.92 Å². The minimum atomic E-state index is -0.154. The van der Waals surface area contributed by atoms with Crippen molar-refractivity contribution in [3.63, 3.8) is 0 Å². The average molecular weight is 315 g/mol. The zero-order valence-corrected chi connectivity index (χ0v) is 13.8. The highest BCUT2D eigenvalue weighted by Gasteiger charge is 2.55. The molecule has 1 aromatic rings. The third-order valence-electron chi connectivity index (χ3n) is 6.32. The fourth-order valence-corrected chi connectivity index (χ4v) is 5.43. The summed E-state index contributed by atoms with van der Waals surface area (Å²) >= 11 is 0. The maximum Gasteiger partial charge on any atom is 0.410 e. The summed E-state index contributed by atoms with van der Waals surface area (Å²) < 4.78 is 5.30. The molecule has 2 fully saturated rings. The summed E-state index contributed by atoms with van der Waals surface area (Å²) in [6.07, 6.45) is 6.58. The molecule has 1 saturated heterocycles. The second-order valence-electron chi connectivity index (χ2n) is 7.26. The van der Waals surface area contributed by atoms with Gasteiger partial charge in [0.2, 0.25) is 0 Å². The molecule has 4 heteroatoms. The molecule has 1 unspecified atom stereocenters. The molecule has 1 N–H and O–H groups in total. The molecule has 23 heavy (non-hydrogen) atoms. The van der Waals surface area contributed by atoms with Crippen LogP contribution in [0.2, 0.25) is 0 Å². The van der Waals surface area contributed by atoms with Crippen LogP contribution in [0.15, 0.2) is 18.2 Å². The van der Waals surface area contributed by atoms with E-state index in [0.29, 0.717) is 18.3 Å². The van der Waals surface area contributed by atoms with Gasteiger partial charge in [0.1, 0.15) is 5.75 Å². The van der Waals surface area contributed by atoms with E-state index in [1.165, 1.54) is 36.8 Å². The molecule has 1 amide bonds. The Morgan fingerprint density at radius 3 is 3.09 bits per heavy atom. The number of aromatic hydroxyl groups is 1. The van der Waals surface area contributed by atoms with Crippen molar-refractivity contribution in [2.45, 2.75) is 56.9 Å². The molecule has 124 valence electrons. The van der Waals surface area contributed by atoms with Crippen molar-refractivity contribution < 1.29 is 14.6 Å². The summed E-state index contributed by atoms with van der Waals surface area (Å²) in [5.41, 5.74) is 2.81. The van der Waals surface area contributed by atoms with Crippen LogP contribution in [-0.4, -0.2) is 35.3 Å². The van der Waals surface area contributed by atoms with Gasteiger partial charge in [0.15, 0.2) is 0 Å². The Hall–Kier alpha value is -1.71. The van der Waals surface area contributed by atoms with Gasteiger partial charge in [-0.2, -0.15) is 0 Å². The Bertz CT molecular complexity index is 629. The van der Waals surface area contributed by atoms with Crippen LogP contribution in [-0.2, 0) is 16.6 Å². The summed E-state index contributed by atoms with van der Waals surface area (Å²) in [6, 6.07) is 6.08. The number of amides is 1. The van der Waals surface area contributed by atoms with Crippen molar-refractivity contribution in [2.75, 3.05) is 13.2 Å². The van der Waals surface area contributed by atoms with Gasteiger partial charge in [-0.15, -0.1) is 0 Å². The van der Waals surface area contributed by atoms with Crippen LogP contribution >= 0.6 is 0 Å². The summed E-state index contributed by atoms with van der Waals surface area (Å²) in [5.74, 6) is 0.873. The number of hydrogen-bond donors (Lipinski definition) is 1. The summed E-state index contributed by atoms with van der Waals surface area (Å²) in [5, 5.41) is 10.00. The van der Waals surface area contributed by atoms with Gasteiger partial charge in [0.05, 0.1) is 6.61 Å². The highest BCUT2D eigenvalue weighted by atomic mass is 16.6. The Kier molecular flexibility index (Phi) is 3.51. The molecule has 2 aliphatic carbocycles. The Labute approximate surface area is 137 Å². The smallest absolute Gasteiger partial charge is 0.410 e. The number of ether oxygens (including phenoxy) is 1. The third-order valence-corrected chi connectivity index (χ3v) is 6.32. The maximum absolute atomic E-state index is 12.4. The second-order valence-corrected chi connectivity index (χ2v) is 7.26. The predicted molar refractivity (Wildman–Crippen MR) is 87.6 cm³/mol. The number of benzene rings is 1.